The number of ether oxygens (including phenoxy) is 1. The number of carbonyl (C=O) groups excluding carboxylic acids is 1. The van der Waals surface area contributed by atoms with Gasteiger partial charge in [0.15, 0.2) is 5.76 Å². The van der Waals surface area contributed by atoms with Gasteiger partial charge in [0.25, 0.3) is 0 Å². The van der Waals surface area contributed by atoms with Crippen molar-refractivity contribution in [2.24, 2.45) is 0 Å². The normalized spacial score (nSPS) is 10.2. The maximum atomic E-state index is 11.9. The first-order chi connectivity index (χ1) is 13.5. The van der Waals surface area contributed by atoms with Crippen molar-refractivity contribution in [2.75, 3.05) is 17.9 Å². The van der Waals surface area contributed by atoms with E-state index >= 15 is 0 Å². The Labute approximate surface area is 162 Å². The molecule has 3 aromatic rings. The van der Waals surface area contributed by atoms with Crippen LogP contribution in [0.15, 0.2) is 47.3 Å². The third kappa shape index (κ3) is 4.10. The number of anilines is 3. The molecule has 0 aliphatic rings. The minimum atomic E-state index is -0.694. The fourth-order valence-electron chi connectivity index (χ4n) is 2.23. The molecule has 0 atom stereocenters. The lowest BCUT2D eigenvalue weighted by atomic mass is 10.3. The molecule has 0 spiro atoms. The SMILES string of the molecule is COc1ccc(Cl)cc1Nc1ncnc(NNC(=O)c2ccco2)c1[N+](=O)[O-]. The van der Waals surface area contributed by atoms with Crippen LogP contribution in [0.2, 0.25) is 5.02 Å². The molecule has 0 unspecified atom stereocenters. The number of nitrogens with zero attached hydrogens (tertiary/aromatic N) is 3. The van der Waals surface area contributed by atoms with Gasteiger partial charge in [-0.15, -0.1) is 0 Å². The number of methoxy groups -OCH3 is 1. The van der Waals surface area contributed by atoms with Crippen LogP contribution in [0.3, 0.4) is 0 Å². The first-order valence-electron chi connectivity index (χ1n) is 7.69. The molecular formula is C16H13ClN6O5. The summed E-state index contributed by atoms with van der Waals surface area (Å²) < 4.78 is 10.1. The molecule has 0 saturated carbocycles. The third-order valence-electron chi connectivity index (χ3n) is 3.46. The zero-order chi connectivity index (χ0) is 20.1. The van der Waals surface area contributed by atoms with Gasteiger partial charge in [0.1, 0.15) is 12.1 Å². The van der Waals surface area contributed by atoms with Crippen LogP contribution >= 0.6 is 11.6 Å². The number of rotatable bonds is 7. The molecule has 0 saturated heterocycles. The van der Waals surface area contributed by atoms with E-state index in [-0.39, 0.29) is 17.4 Å². The highest BCUT2D eigenvalue weighted by atomic mass is 35.5. The Morgan fingerprint density at radius 2 is 2.07 bits per heavy atom. The Kier molecular flexibility index (Phi) is 5.56. The molecule has 0 bridgehead atoms. The monoisotopic (exact) mass is 404 g/mol. The number of amides is 1. The molecule has 12 heteroatoms. The van der Waals surface area contributed by atoms with Crippen LogP contribution in [-0.4, -0.2) is 27.9 Å². The van der Waals surface area contributed by atoms with Crippen molar-refractivity contribution in [1.29, 1.82) is 0 Å². The van der Waals surface area contributed by atoms with Gasteiger partial charge in [-0.3, -0.25) is 25.8 Å². The summed E-state index contributed by atoms with van der Waals surface area (Å²) in [5, 5.41) is 14.8. The largest absolute Gasteiger partial charge is 0.495 e. The fraction of sp³-hybridized carbons (Fsp3) is 0.0625. The van der Waals surface area contributed by atoms with Crippen molar-refractivity contribution in [3.63, 3.8) is 0 Å². The number of hydrogen-bond donors (Lipinski definition) is 3. The topological polar surface area (TPSA) is 144 Å². The van der Waals surface area contributed by atoms with Gasteiger partial charge < -0.3 is 14.5 Å². The summed E-state index contributed by atoms with van der Waals surface area (Å²) in [6.45, 7) is 0. The third-order valence-corrected chi connectivity index (χ3v) is 3.69. The first-order valence-corrected chi connectivity index (χ1v) is 8.07. The number of nitrogens with one attached hydrogen (secondary N) is 3. The molecule has 2 aromatic heterocycles. The van der Waals surface area contributed by atoms with Gasteiger partial charge in [0.2, 0.25) is 11.6 Å². The van der Waals surface area contributed by atoms with Gasteiger partial charge >= 0.3 is 11.6 Å². The molecule has 0 aliphatic carbocycles. The Balaban J connectivity index is 1.88. The molecule has 11 nitrogen and oxygen atoms in total. The Bertz CT molecular complexity index is 1010. The molecule has 0 radical (unpaired) electrons. The molecule has 0 fully saturated rings. The Morgan fingerprint density at radius 3 is 2.75 bits per heavy atom. The van der Waals surface area contributed by atoms with E-state index in [1.807, 2.05) is 0 Å². The van der Waals surface area contributed by atoms with Gasteiger partial charge in [0, 0.05) is 5.02 Å². The maximum absolute atomic E-state index is 11.9. The number of hydrazine groups is 1. The minimum Gasteiger partial charge on any atom is -0.495 e. The van der Waals surface area contributed by atoms with E-state index in [9.17, 15) is 14.9 Å². The van der Waals surface area contributed by atoms with Crippen LogP contribution in [0.25, 0.3) is 0 Å². The molecule has 1 aromatic carbocycles. The van der Waals surface area contributed by atoms with Crippen LogP contribution in [0, 0.1) is 10.1 Å². The standard InChI is InChI=1S/C16H13ClN6O5/c1-27-11-5-4-9(17)7-10(11)20-14-13(23(25)26)15(19-8-18-14)21-22-16(24)12-3-2-6-28-12/h2-8H,1H3,(H,22,24)(H2,18,19,20,21). The highest BCUT2D eigenvalue weighted by molar-refractivity contribution is 6.31. The van der Waals surface area contributed by atoms with Gasteiger partial charge in [-0.25, -0.2) is 9.97 Å². The highest BCUT2D eigenvalue weighted by Gasteiger charge is 2.24. The van der Waals surface area contributed by atoms with Crippen molar-refractivity contribution < 1.29 is 18.9 Å². The smallest absolute Gasteiger partial charge is 0.355 e. The molecule has 28 heavy (non-hydrogen) atoms. The van der Waals surface area contributed by atoms with Crippen LogP contribution < -0.4 is 20.9 Å². The second-order valence-corrected chi connectivity index (χ2v) is 5.64. The zero-order valence-electron chi connectivity index (χ0n) is 14.3. The summed E-state index contributed by atoms with van der Waals surface area (Å²) in [6, 6.07) is 7.70. The lowest BCUT2D eigenvalue weighted by Crippen LogP contribution is -2.30. The van der Waals surface area contributed by atoms with E-state index in [4.69, 9.17) is 20.8 Å². The molecule has 0 aliphatic heterocycles. The second kappa shape index (κ2) is 8.22. The van der Waals surface area contributed by atoms with E-state index < -0.39 is 16.5 Å². The second-order valence-electron chi connectivity index (χ2n) is 5.20. The van der Waals surface area contributed by atoms with E-state index in [0.717, 1.165) is 6.33 Å². The van der Waals surface area contributed by atoms with E-state index in [0.29, 0.717) is 16.5 Å². The number of halogens is 1. The van der Waals surface area contributed by atoms with Crippen molar-refractivity contribution in [1.82, 2.24) is 15.4 Å². The van der Waals surface area contributed by atoms with Gasteiger partial charge in [-0.05, 0) is 30.3 Å². The van der Waals surface area contributed by atoms with Crippen molar-refractivity contribution in [3.8, 4) is 5.75 Å². The lowest BCUT2D eigenvalue weighted by Gasteiger charge is -2.12. The summed E-state index contributed by atoms with van der Waals surface area (Å²) in [5.74, 6) is -0.577. The average Bonchev–Trinajstić information content (AvgIpc) is 3.21. The quantitative estimate of drug-likeness (QED) is 0.399. The number of benzene rings is 1. The van der Waals surface area contributed by atoms with Gasteiger partial charge in [-0.1, -0.05) is 11.6 Å². The van der Waals surface area contributed by atoms with Crippen molar-refractivity contribution in [2.45, 2.75) is 0 Å². The average molecular weight is 405 g/mol. The van der Waals surface area contributed by atoms with Crippen LogP contribution in [-0.2, 0) is 0 Å². The zero-order valence-corrected chi connectivity index (χ0v) is 15.1. The van der Waals surface area contributed by atoms with Gasteiger partial charge in [-0.2, -0.15) is 0 Å². The molecule has 144 valence electrons. The van der Waals surface area contributed by atoms with E-state index in [1.165, 1.54) is 31.6 Å². The van der Waals surface area contributed by atoms with Crippen LogP contribution in [0.4, 0.5) is 23.0 Å². The molecule has 2 heterocycles. The summed E-state index contributed by atoms with van der Waals surface area (Å²) in [7, 11) is 1.44. The lowest BCUT2D eigenvalue weighted by molar-refractivity contribution is -0.383. The van der Waals surface area contributed by atoms with Crippen LogP contribution in [0.1, 0.15) is 10.6 Å². The fourth-order valence-corrected chi connectivity index (χ4v) is 2.40. The predicted molar refractivity (Wildman–Crippen MR) is 99.8 cm³/mol. The summed E-state index contributed by atoms with van der Waals surface area (Å²) >= 11 is 5.98. The number of aromatic nitrogens is 2. The Hall–Kier alpha value is -3.86. The summed E-state index contributed by atoms with van der Waals surface area (Å²) in [4.78, 5) is 30.5. The molecular weight excluding hydrogens is 392 g/mol. The molecule has 3 N–H and O–H groups in total. The predicted octanol–water partition coefficient (Wildman–Crippen LogP) is 3.14. The molecule has 1 amide bonds. The van der Waals surface area contributed by atoms with E-state index in [1.54, 1.807) is 12.1 Å². The number of nitro groups is 1. The highest BCUT2D eigenvalue weighted by Crippen LogP contribution is 2.35. The van der Waals surface area contributed by atoms with Crippen molar-refractivity contribution in [3.05, 3.63) is 63.8 Å². The Morgan fingerprint density at radius 1 is 1.29 bits per heavy atom. The molecule has 3 rings (SSSR count). The number of carbonyl (C=O) groups is 1. The van der Waals surface area contributed by atoms with Gasteiger partial charge in [0.05, 0.1) is 24.0 Å². The summed E-state index contributed by atoms with van der Waals surface area (Å²) in [6.07, 6.45) is 2.41. The number of hydrogen-bond acceptors (Lipinski definition) is 9. The van der Waals surface area contributed by atoms with Crippen molar-refractivity contribution >= 4 is 40.5 Å². The summed E-state index contributed by atoms with van der Waals surface area (Å²) in [5.41, 5.74) is 4.53. The first kappa shape index (κ1) is 18.9. The minimum absolute atomic E-state index is 0.0196. The van der Waals surface area contributed by atoms with E-state index in [2.05, 4.69) is 26.1 Å². The van der Waals surface area contributed by atoms with Crippen LogP contribution in [0.5, 0.6) is 5.75 Å². The number of furan rings is 1. The maximum Gasteiger partial charge on any atom is 0.355 e.